The first kappa shape index (κ1) is 20.1. The molecule has 0 bridgehead atoms. The molecule has 1 aliphatic rings. The molecule has 0 aliphatic heterocycles. The third-order valence-corrected chi connectivity index (χ3v) is 10.7. The first-order valence-corrected chi connectivity index (χ1v) is 12.6. The van der Waals surface area contributed by atoms with Gasteiger partial charge in [-0.1, -0.05) is 87.5 Å². The lowest BCUT2D eigenvalue weighted by Gasteiger charge is -2.43. The maximum absolute atomic E-state index is 7.05. The van der Waals surface area contributed by atoms with E-state index in [9.17, 15) is 0 Å². The van der Waals surface area contributed by atoms with Crippen molar-refractivity contribution in [3.8, 4) is 0 Å². The predicted molar refractivity (Wildman–Crippen MR) is 121 cm³/mol. The molecule has 0 unspecified atom stereocenters. The van der Waals surface area contributed by atoms with E-state index in [0.717, 1.165) is 10.00 Å². The molecule has 2 aromatic rings. The Balaban J connectivity index is 2.08. The lowest BCUT2D eigenvalue weighted by molar-refractivity contribution is 0.249. The van der Waals surface area contributed by atoms with Gasteiger partial charge in [-0.05, 0) is 60.1 Å². The molecule has 0 N–H and O–H groups in total. The zero-order chi connectivity index (χ0) is 18.8. The molecule has 0 radical (unpaired) electrons. The van der Waals surface area contributed by atoms with Crippen molar-refractivity contribution >= 4 is 50.6 Å². The Kier molecular flexibility index (Phi) is 5.98. The van der Waals surface area contributed by atoms with Crippen LogP contribution in [0.5, 0.6) is 0 Å². The fraction of sp³-hybridized carbons (Fsp3) is 0.364. The molecule has 138 valence electrons. The molecule has 0 heterocycles. The number of halogens is 2. The topological polar surface area (TPSA) is 9.23 Å². The SMILES string of the molecule is CC(C)(C)[Si](OCC1(C=C(Br)Br)CC1)(c1ccccc1)c1ccccc1. The van der Waals surface area contributed by atoms with E-state index >= 15 is 0 Å². The van der Waals surface area contributed by atoms with E-state index in [2.05, 4.69) is 119 Å². The smallest absolute Gasteiger partial charge is 0.261 e. The van der Waals surface area contributed by atoms with Gasteiger partial charge in [-0.2, -0.15) is 0 Å². The van der Waals surface area contributed by atoms with Crippen LogP contribution in [-0.2, 0) is 4.43 Å². The van der Waals surface area contributed by atoms with Crippen LogP contribution in [0, 0.1) is 5.41 Å². The number of benzene rings is 2. The van der Waals surface area contributed by atoms with Crippen LogP contribution in [0.3, 0.4) is 0 Å². The highest BCUT2D eigenvalue weighted by Gasteiger charge is 2.52. The molecule has 0 saturated heterocycles. The Morgan fingerprint density at radius 3 is 1.77 bits per heavy atom. The van der Waals surface area contributed by atoms with Crippen LogP contribution >= 0.6 is 31.9 Å². The summed E-state index contributed by atoms with van der Waals surface area (Å²) in [5, 5.41) is 2.72. The maximum atomic E-state index is 7.05. The van der Waals surface area contributed by atoms with Crippen LogP contribution in [0.25, 0.3) is 0 Å². The van der Waals surface area contributed by atoms with Crippen molar-refractivity contribution in [3.63, 3.8) is 0 Å². The van der Waals surface area contributed by atoms with Crippen molar-refractivity contribution in [1.29, 1.82) is 0 Å². The maximum Gasteiger partial charge on any atom is 0.261 e. The fourth-order valence-corrected chi connectivity index (χ4v) is 9.37. The van der Waals surface area contributed by atoms with Crippen molar-refractivity contribution in [2.45, 2.75) is 38.7 Å². The van der Waals surface area contributed by atoms with E-state index in [-0.39, 0.29) is 10.5 Å². The molecule has 1 nitrogen and oxygen atoms in total. The molecular formula is C22H26Br2OSi. The normalized spacial score (nSPS) is 16.2. The van der Waals surface area contributed by atoms with Gasteiger partial charge in [0.15, 0.2) is 0 Å². The van der Waals surface area contributed by atoms with Crippen LogP contribution in [-0.4, -0.2) is 14.9 Å². The van der Waals surface area contributed by atoms with Gasteiger partial charge in [0.1, 0.15) is 0 Å². The molecule has 0 amide bonds. The van der Waals surface area contributed by atoms with E-state index < -0.39 is 8.32 Å². The first-order chi connectivity index (χ1) is 12.3. The van der Waals surface area contributed by atoms with Crippen LogP contribution in [0.1, 0.15) is 33.6 Å². The van der Waals surface area contributed by atoms with Crippen LogP contribution in [0.4, 0.5) is 0 Å². The van der Waals surface area contributed by atoms with E-state index in [1.807, 2.05) is 0 Å². The van der Waals surface area contributed by atoms with Crippen LogP contribution in [0.2, 0.25) is 5.04 Å². The van der Waals surface area contributed by atoms with E-state index in [1.165, 1.54) is 23.2 Å². The molecule has 1 fully saturated rings. The summed E-state index contributed by atoms with van der Waals surface area (Å²) in [6, 6.07) is 21.7. The van der Waals surface area contributed by atoms with Crippen molar-refractivity contribution in [3.05, 3.63) is 70.1 Å². The standard InChI is InChI=1S/C22H26Br2OSi/c1-21(2,3)26(18-10-6-4-7-11-18,19-12-8-5-9-13-19)25-17-22(14-15-22)16-20(23)24/h4-13,16H,14-15,17H2,1-3H3. The average molecular weight is 494 g/mol. The summed E-state index contributed by atoms with van der Waals surface area (Å²) < 4.78 is 8.07. The number of rotatable bonds is 6. The first-order valence-electron chi connectivity index (χ1n) is 9.08. The minimum absolute atomic E-state index is 0.0289. The molecule has 1 saturated carbocycles. The third kappa shape index (κ3) is 4.09. The van der Waals surface area contributed by atoms with Gasteiger partial charge < -0.3 is 4.43 Å². The summed E-state index contributed by atoms with van der Waals surface area (Å²) in [7, 11) is -2.43. The summed E-state index contributed by atoms with van der Waals surface area (Å²) >= 11 is 7.07. The third-order valence-electron chi connectivity index (χ3n) is 5.30. The molecular weight excluding hydrogens is 468 g/mol. The minimum atomic E-state index is -2.43. The molecule has 0 atom stereocenters. The van der Waals surface area contributed by atoms with Crippen LogP contribution in [0.15, 0.2) is 70.1 Å². The monoisotopic (exact) mass is 492 g/mol. The second-order valence-electron chi connectivity index (χ2n) is 8.25. The quantitative estimate of drug-likeness (QED) is 0.450. The summed E-state index contributed by atoms with van der Waals surface area (Å²) in [4.78, 5) is 0. The van der Waals surface area contributed by atoms with E-state index in [4.69, 9.17) is 4.43 Å². The lowest BCUT2D eigenvalue weighted by Crippen LogP contribution is -2.67. The zero-order valence-electron chi connectivity index (χ0n) is 15.6. The fourth-order valence-electron chi connectivity index (χ4n) is 3.74. The Bertz CT molecular complexity index is 718. The van der Waals surface area contributed by atoms with Crippen molar-refractivity contribution in [2.75, 3.05) is 6.61 Å². The summed E-state index contributed by atoms with van der Waals surface area (Å²) in [6.07, 6.45) is 4.64. The van der Waals surface area contributed by atoms with Gasteiger partial charge in [0, 0.05) is 12.0 Å². The van der Waals surface area contributed by atoms with Gasteiger partial charge in [-0.15, -0.1) is 0 Å². The average Bonchev–Trinajstić information content (AvgIpc) is 3.35. The van der Waals surface area contributed by atoms with E-state index in [0.29, 0.717) is 0 Å². The Morgan fingerprint density at radius 1 is 0.962 bits per heavy atom. The van der Waals surface area contributed by atoms with Crippen molar-refractivity contribution in [2.24, 2.45) is 5.41 Å². The van der Waals surface area contributed by atoms with Gasteiger partial charge in [0.2, 0.25) is 0 Å². The van der Waals surface area contributed by atoms with Gasteiger partial charge in [0.05, 0.1) is 3.39 Å². The Hall–Kier alpha value is -0.683. The summed E-state index contributed by atoms with van der Waals surface area (Å²) in [5.74, 6) is 0. The van der Waals surface area contributed by atoms with Crippen molar-refractivity contribution < 1.29 is 4.43 Å². The summed E-state index contributed by atoms with van der Waals surface area (Å²) in [6.45, 7) is 7.75. The Labute approximate surface area is 175 Å². The molecule has 0 spiro atoms. The lowest BCUT2D eigenvalue weighted by atomic mass is 10.1. The number of hydrogen-bond acceptors (Lipinski definition) is 1. The van der Waals surface area contributed by atoms with Gasteiger partial charge in [-0.25, -0.2) is 0 Å². The molecule has 4 heteroatoms. The van der Waals surface area contributed by atoms with Crippen molar-refractivity contribution in [1.82, 2.24) is 0 Å². The highest BCUT2D eigenvalue weighted by atomic mass is 79.9. The molecule has 26 heavy (non-hydrogen) atoms. The minimum Gasteiger partial charge on any atom is -0.407 e. The second-order valence-corrected chi connectivity index (χ2v) is 15.3. The Morgan fingerprint density at radius 2 is 1.42 bits per heavy atom. The highest BCUT2D eigenvalue weighted by molar-refractivity contribution is 9.28. The van der Waals surface area contributed by atoms with E-state index in [1.54, 1.807) is 0 Å². The second kappa shape index (κ2) is 7.74. The van der Waals surface area contributed by atoms with Gasteiger partial charge >= 0.3 is 0 Å². The van der Waals surface area contributed by atoms with Gasteiger partial charge in [0.25, 0.3) is 8.32 Å². The molecule has 3 rings (SSSR count). The molecule has 1 aliphatic carbocycles. The largest absolute Gasteiger partial charge is 0.407 e. The molecule has 2 aromatic carbocycles. The van der Waals surface area contributed by atoms with Crippen LogP contribution < -0.4 is 10.4 Å². The van der Waals surface area contributed by atoms with Gasteiger partial charge in [-0.3, -0.25) is 0 Å². The zero-order valence-corrected chi connectivity index (χ0v) is 19.8. The molecule has 0 aromatic heterocycles. The number of hydrogen-bond donors (Lipinski definition) is 0. The summed E-state index contributed by atoms with van der Waals surface area (Å²) in [5.41, 5.74) is 0.162. The highest BCUT2D eigenvalue weighted by Crippen LogP contribution is 2.50. The predicted octanol–water partition coefficient (Wildman–Crippen LogP) is 5.97.